The molecule has 2 aromatic rings. The Morgan fingerprint density at radius 1 is 1.24 bits per heavy atom. The molecule has 0 saturated heterocycles. The third-order valence-electron chi connectivity index (χ3n) is 3.14. The molecule has 0 saturated carbocycles. The number of furan rings is 1. The summed E-state index contributed by atoms with van der Waals surface area (Å²) in [5.74, 6) is 1.20. The summed E-state index contributed by atoms with van der Waals surface area (Å²) in [6.07, 6.45) is 5.49. The van der Waals surface area contributed by atoms with E-state index in [0.29, 0.717) is 17.1 Å². The van der Waals surface area contributed by atoms with Gasteiger partial charge in [-0.05, 0) is 29.8 Å². The van der Waals surface area contributed by atoms with Gasteiger partial charge in [0.25, 0.3) is 0 Å². The normalized spacial score (nSPS) is 12.8. The molecule has 5 heteroatoms. The number of carbonyl (C=O) groups is 2. The molecule has 0 radical (unpaired) electrons. The molecule has 5 nitrogen and oxygen atoms in total. The minimum Gasteiger partial charge on any atom is -0.461 e. The van der Waals surface area contributed by atoms with Gasteiger partial charge in [-0.25, -0.2) is 0 Å². The van der Waals surface area contributed by atoms with Gasteiger partial charge in [-0.1, -0.05) is 12.1 Å². The van der Waals surface area contributed by atoms with Crippen molar-refractivity contribution in [3.63, 3.8) is 0 Å². The highest BCUT2D eigenvalue weighted by Gasteiger charge is 2.19. The van der Waals surface area contributed by atoms with Crippen molar-refractivity contribution in [1.29, 1.82) is 0 Å². The number of hydrogen-bond acceptors (Lipinski definition) is 5. The second kappa shape index (κ2) is 5.66. The van der Waals surface area contributed by atoms with Crippen LogP contribution in [0.3, 0.4) is 0 Å². The Morgan fingerprint density at radius 2 is 2.14 bits per heavy atom. The van der Waals surface area contributed by atoms with E-state index in [-0.39, 0.29) is 24.8 Å². The molecule has 0 amide bonds. The van der Waals surface area contributed by atoms with Crippen molar-refractivity contribution in [3.05, 3.63) is 53.5 Å². The van der Waals surface area contributed by atoms with Gasteiger partial charge in [0, 0.05) is 12.0 Å². The Hall–Kier alpha value is -2.82. The van der Waals surface area contributed by atoms with Crippen molar-refractivity contribution >= 4 is 18.1 Å². The predicted molar refractivity (Wildman–Crippen MR) is 74.4 cm³/mol. The van der Waals surface area contributed by atoms with E-state index < -0.39 is 0 Å². The van der Waals surface area contributed by atoms with Crippen LogP contribution >= 0.6 is 0 Å². The second-order valence-electron chi connectivity index (χ2n) is 4.41. The van der Waals surface area contributed by atoms with E-state index in [4.69, 9.17) is 13.9 Å². The van der Waals surface area contributed by atoms with Gasteiger partial charge in [-0.2, -0.15) is 0 Å². The van der Waals surface area contributed by atoms with Crippen LogP contribution in [0.5, 0.6) is 11.5 Å². The summed E-state index contributed by atoms with van der Waals surface area (Å²) in [5, 5.41) is 0. The topological polar surface area (TPSA) is 65.7 Å². The highest BCUT2D eigenvalue weighted by atomic mass is 16.7. The van der Waals surface area contributed by atoms with Crippen molar-refractivity contribution in [2.24, 2.45) is 0 Å². The highest BCUT2D eigenvalue weighted by molar-refractivity contribution is 6.05. The fraction of sp³-hybridized carbons (Fsp3) is 0.125. The molecule has 1 aromatic heterocycles. The third-order valence-corrected chi connectivity index (χ3v) is 3.14. The minimum absolute atomic E-state index is 0.139. The summed E-state index contributed by atoms with van der Waals surface area (Å²) >= 11 is 0. The zero-order valence-electron chi connectivity index (χ0n) is 11.1. The van der Waals surface area contributed by atoms with Crippen LogP contribution in [0.1, 0.15) is 21.7 Å². The smallest absolute Gasteiger partial charge is 0.231 e. The first kappa shape index (κ1) is 13.2. The quantitative estimate of drug-likeness (QED) is 0.480. The predicted octanol–water partition coefficient (Wildman–Crippen LogP) is 2.65. The van der Waals surface area contributed by atoms with Crippen molar-refractivity contribution in [2.45, 2.75) is 6.42 Å². The Labute approximate surface area is 120 Å². The summed E-state index contributed by atoms with van der Waals surface area (Å²) in [7, 11) is 0. The van der Waals surface area contributed by atoms with Crippen molar-refractivity contribution < 1.29 is 23.5 Å². The molecule has 21 heavy (non-hydrogen) atoms. The zero-order chi connectivity index (χ0) is 14.7. The van der Waals surface area contributed by atoms with Gasteiger partial charge in [0.15, 0.2) is 17.3 Å². The first-order valence-corrected chi connectivity index (χ1v) is 6.40. The van der Waals surface area contributed by atoms with Crippen LogP contribution in [0.2, 0.25) is 0 Å². The average Bonchev–Trinajstić information content (AvgIpc) is 3.17. The number of rotatable bonds is 5. The van der Waals surface area contributed by atoms with Crippen LogP contribution in [0.15, 0.2) is 41.0 Å². The fourth-order valence-corrected chi connectivity index (χ4v) is 2.16. The summed E-state index contributed by atoms with van der Waals surface area (Å²) < 4.78 is 15.7. The average molecular weight is 284 g/mol. The number of fused-ring (bicyclic) bond motifs is 1. The van der Waals surface area contributed by atoms with Gasteiger partial charge in [0.05, 0.1) is 6.26 Å². The van der Waals surface area contributed by atoms with Crippen LogP contribution in [-0.2, 0) is 11.2 Å². The molecule has 0 atom stereocenters. The minimum atomic E-state index is -0.241. The van der Waals surface area contributed by atoms with Gasteiger partial charge in [-0.3, -0.25) is 4.79 Å². The Kier molecular flexibility index (Phi) is 3.55. The molecule has 0 bridgehead atoms. The first-order chi connectivity index (χ1) is 10.3. The standard InChI is InChI=1S/C16H12O5/c17-8-7-12-11(4-6-15-16(12)21-10-20-15)3-5-13(18)14-2-1-9-19-14/h1-6,8-9H,7,10H2/b5-3+. The van der Waals surface area contributed by atoms with E-state index in [1.807, 2.05) is 0 Å². The lowest BCUT2D eigenvalue weighted by Gasteiger charge is -2.06. The maximum atomic E-state index is 11.9. The molecule has 3 rings (SSSR count). The van der Waals surface area contributed by atoms with Crippen LogP contribution in [0.25, 0.3) is 6.08 Å². The summed E-state index contributed by atoms with van der Waals surface area (Å²) in [5.41, 5.74) is 1.45. The molecule has 1 aromatic carbocycles. The second-order valence-corrected chi connectivity index (χ2v) is 4.41. The lowest BCUT2D eigenvalue weighted by Crippen LogP contribution is -1.97. The lowest BCUT2D eigenvalue weighted by atomic mass is 10.0. The highest BCUT2D eigenvalue weighted by Crippen LogP contribution is 2.38. The van der Waals surface area contributed by atoms with Crippen molar-refractivity contribution in [1.82, 2.24) is 0 Å². The fourth-order valence-electron chi connectivity index (χ4n) is 2.16. The van der Waals surface area contributed by atoms with Gasteiger partial charge >= 0.3 is 0 Å². The molecule has 0 fully saturated rings. The number of allylic oxidation sites excluding steroid dienone is 1. The van der Waals surface area contributed by atoms with Crippen molar-refractivity contribution in [2.75, 3.05) is 6.79 Å². The van der Waals surface area contributed by atoms with Crippen LogP contribution in [0, 0.1) is 0 Å². The number of benzene rings is 1. The Morgan fingerprint density at radius 3 is 2.90 bits per heavy atom. The van der Waals surface area contributed by atoms with Gasteiger partial charge in [0.2, 0.25) is 12.6 Å². The molecule has 0 spiro atoms. The SMILES string of the molecule is O=CCc1c(/C=C/C(=O)c2ccco2)ccc2c1OCO2. The molecule has 1 aliphatic rings. The van der Waals surface area contributed by atoms with E-state index in [0.717, 1.165) is 11.8 Å². The molecule has 0 N–H and O–H groups in total. The maximum absolute atomic E-state index is 11.9. The van der Waals surface area contributed by atoms with E-state index in [1.165, 1.54) is 12.3 Å². The molecular formula is C16H12O5. The van der Waals surface area contributed by atoms with E-state index in [1.54, 1.807) is 30.3 Å². The van der Waals surface area contributed by atoms with E-state index in [2.05, 4.69) is 0 Å². The first-order valence-electron chi connectivity index (χ1n) is 6.40. The molecule has 2 heterocycles. The zero-order valence-corrected chi connectivity index (χ0v) is 11.1. The number of aldehydes is 1. The molecular weight excluding hydrogens is 272 g/mol. The van der Waals surface area contributed by atoms with Gasteiger partial charge in [0.1, 0.15) is 6.29 Å². The lowest BCUT2D eigenvalue weighted by molar-refractivity contribution is -0.107. The number of ketones is 1. The Bertz CT molecular complexity index is 698. The van der Waals surface area contributed by atoms with E-state index in [9.17, 15) is 9.59 Å². The molecule has 1 aliphatic heterocycles. The van der Waals surface area contributed by atoms with Crippen molar-refractivity contribution in [3.8, 4) is 11.5 Å². The third kappa shape index (κ3) is 2.58. The molecule has 0 unspecified atom stereocenters. The van der Waals surface area contributed by atoms with E-state index >= 15 is 0 Å². The summed E-state index contributed by atoms with van der Waals surface area (Å²) in [4.78, 5) is 22.7. The molecule has 106 valence electrons. The largest absolute Gasteiger partial charge is 0.461 e. The maximum Gasteiger partial charge on any atom is 0.231 e. The Balaban J connectivity index is 1.91. The van der Waals surface area contributed by atoms with Gasteiger partial charge < -0.3 is 18.7 Å². The van der Waals surface area contributed by atoms with Crippen LogP contribution in [-0.4, -0.2) is 18.9 Å². The van der Waals surface area contributed by atoms with Gasteiger partial charge in [-0.15, -0.1) is 0 Å². The van der Waals surface area contributed by atoms with Crippen LogP contribution in [0.4, 0.5) is 0 Å². The number of carbonyl (C=O) groups excluding carboxylic acids is 2. The summed E-state index contributed by atoms with van der Waals surface area (Å²) in [6.45, 7) is 0.139. The van der Waals surface area contributed by atoms with Crippen LogP contribution < -0.4 is 9.47 Å². The number of hydrogen-bond donors (Lipinski definition) is 0. The summed E-state index contributed by atoms with van der Waals surface area (Å²) in [6, 6.07) is 6.80. The molecule has 0 aliphatic carbocycles. The monoisotopic (exact) mass is 284 g/mol. The number of ether oxygens (including phenoxy) is 2.